The molecule has 8 nitrogen and oxygen atoms in total. The molecular formula is C36H23N6O2Pt-. The third-order valence-corrected chi connectivity index (χ3v) is 7.45. The van der Waals surface area contributed by atoms with E-state index in [1.54, 1.807) is 23.1 Å². The van der Waals surface area contributed by atoms with E-state index in [1.165, 1.54) is 0 Å². The number of hydrogen-bond donors (Lipinski definition) is 1. The molecule has 220 valence electrons. The third-order valence-electron chi connectivity index (χ3n) is 7.45. The van der Waals surface area contributed by atoms with Crippen molar-refractivity contribution in [3.8, 4) is 34.0 Å². The SMILES string of the molecule is OC1=Nc2ccccc2-c2ccccc2N1c1cccc(Oc2cccc(N3[C-]=Nc4ccccc4-c4ccccc43)n2)n1.[Pt]. The summed E-state index contributed by atoms with van der Waals surface area (Å²) in [6.07, 6.45) is 3.16. The molecule has 6 aromatic rings. The van der Waals surface area contributed by atoms with Gasteiger partial charge in [0.2, 0.25) is 11.8 Å². The maximum Gasteiger partial charge on any atom is 0.300 e. The van der Waals surface area contributed by atoms with Crippen molar-refractivity contribution < 1.29 is 30.9 Å². The molecule has 9 heteroatoms. The number of ether oxygens (including phenoxy) is 1. The van der Waals surface area contributed by atoms with E-state index < -0.39 is 0 Å². The number of aliphatic hydroxyl groups excluding tert-OH is 1. The first-order valence-electron chi connectivity index (χ1n) is 14.1. The molecule has 4 aromatic carbocycles. The Balaban J connectivity index is 0.00000325. The van der Waals surface area contributed by atoms with Gasteiger partial charge in [-0.05, 0) is 46.8 Å². The van der Waals surface area contributed by atoms with Crippen molar-refractivity contribution in [3.63, 3.8) is 0 Å². The van der Waals surface area contributed by atoms with Gasteiger partial charge in [0.25, 0.3) is 0 Å². The molecule has 0 bridgehead atoms. The monoisotopic (exact) mass is 766 g/mol. The topological polar surface area (TPSA) is 86.4 Å². The normalized spacial score (nSPS) is 12.8. The predicted octanol–water partition coefficient (Wildman–Crippen LogP) is 8.99. The van der Waals surface area contributed by atoms with Crippen molar-refractivity contribution in [1.82, 2.24) is 9.97 Å². The van der Waals surface area contributed by atoms with Crippen molar-refractivity contribution in [1.29, 1.82) is 0 Å². The van der Waals surface area contributed by atoms with Crippen LogP contribution in [0.5, 0.6) is 11.8 Å². The minimum absolute atomic E-state index is 0. The van der Waals surface area contributed by atoms with Gasteiger partial charge in [-0.25, -0.2) is 9.88 Å². The van der Waals surface area contributed by atoms with Crippen LogP contribution in [0.25, 0.3) is 22.3 Å². The Morgan fingerprint density at radius 2 is 1.07 bits per heavy atom. The summed E-state index contributed by atoms with van der Waals surface area (Å²) in [5.41, 5.74) is 7.06. The standard InChI is InChI=1S/C36H23N6O2.Pt/c43-36-38-29-16-6-2-12-25(29)27-14-4-8-18-31(27)42(36)33-20-10-22-35(40-33)44-34-21-9-19-32(39-34)41-23-37-28-15-5-1-11-24(28)26-13-3-7-17-30(26)41;/h1-22H,(H,38,43);/q-1;. The predicted molar refractivity (Wildman–Crippen MR) is 173 cm³/mol. The number of aromatic nitrogens is 2. The Morgan fingerprint density at radius 3 is 1.80 bits per heavy atom. The summed E-state index contributed by atoms with van der Waals surface area (Å²) in [6, 6.07) is 42.3. The molecule has 0 amide bonds. The summed E-state index contributed by atoms with van der Waals surface area (Å²) >= 11 is 0. The maximum absolute atomic E-state index is 11.2. The van der Waals surface area contributed by atoms with Gasteiger partial charge in [0, 0.05) is 44.6 Å². The number of para-hydroxylation sites is 4. The van der Waals surface area contributed by atoms with Crippen molar-refractivity contribution in [2.75, 3.05) is 9.80 Å². The van der Waals surface area contributed by atoms with Crippen LogP contribution in [0.15, 0.2) is 143 Å². The quantitative estimate of drug-likeness (QED) is 0.181. The van der Waals surface area contributed by atoms with Crippen molar-refractivity contribution in [2.24, 2.45) is 9.98 Å². The van der Waals surface area contributed by atoms with E-state index in [-0.39, 0.29) is 27.1 Å². The van der Waals surface area contributed by atoms with Crippen LogP contribution >= 0.6 is 0 Å². The summed E-state index contributed by atoms with van der Waals surface area (Å²) in [5.74, 6) is 1.68. The van der Waals surface area contributed by atoms with E-state index in [2.05, 4.69) is 28.5 Å². The van der Waals surface area contributed by atoms with Crippen LogP contribution in [0.3, 0.4) is 0 Å². The summed E-state index contributed by atoms with van der Waals surface area (Å²) < 4.78 is 6.18. The number of fused-ring (bicyclic) bond motifs is 6. The number of rotatable bonds is 4. The van der Waals surface area contributed by atoms with Crippen LogP contribution < -0.4 is 14.5 Å². The second kappa shape index (κ2) is 11.8. The molecule has 2 aromatic heterocycles. The minimum atomic E-state index is -0.192. The zero-order chi connectivity index (χ0) is 29.5. The van der Waals surface area contributed by atoms with Gasteiger partial charge < -0.3 is 19.7 Å². The maximum atomic E-state index is 11.2. The Hall–Kier alpha value is -5.59. The third kappa shape index (κ3) is 5.15. The molecule has 0 spiro atoms. The average molecular weight is 767 g/mol. The van der Waals surface area contributed by atoms with E-state index >= 15 is 0 Å². The number of anilines is 4. The fourth-order valence-corrected chi connectivity index (χ4v) is 5.49. The molecule has 0 atom stereocenters. The summed E-state index contributed by atoms with van der Waals surface area (Å²) in [5, 5.41) is 11.2. The first-order chi connectivity index (χ1) is 21.7. The van der Waals surface area contributed by atoms with Crippen molar-refractivity contribution in [2.45, 2.75) is 0 Å². The van der Waals surface area contributed by atoms with Gasteiger partial charge in [-0.2, -0.15) is 9.98 Å². The van der Waals surface area contributed by atoms with Crippen LogP contribution in [-0.2, 0) is 21.1 Å². The Bertz CT molecular complexity index is 2110. The molecule has 0 unspecified atom stereocenters. The molecule has 8 rings (SSSR count). The number of aliphatic imine (C=N–C) groups is 2. The zero-order valence-electron chi connectivity index (χ0n) is 23.6. The molecule has 4 heterocycles. The second-order valence-electron chi connectivity index (χ2n) is 10.1. The van der Waals surface area contributed by atoms with E-state index in [9.17, 15) is 5.11 Å². The molecule has 2 aliphatic heterocycles. The summed E-state index contributed by atoms with van der Waals surface area (Å²) in [7, 11) is 0. The smallest absolute Gasteiger partial charge is 0.300 e. The molecule has 0 aliphatic carbocycles. The molecule has 2 aliphatic rings. The Kier molecular flexibility index (Phi) is 7.41. The van der Waals surface area contributed by atoms with E-state index in [1.807, 2.05) is 108 Å². The first kappa shape index (κ1) is 28.2. The fourth-order valence-electron chi connectivity index (χ4n) is 5.49. The summed E-state index contributed by atoms with van der Waals surface area (Å²) in [4.78, 5) is 22.1. The van der Waals surface area contributed by atoms with Crippen LogP contribution in [0.1, 0.15) is 0 Å². The van der Waals surface area contributed by atoms with Gasteiger partial charge >= 0.3 is 6.02 Å². The molecule has 0 saturated carbocycles. The van der Waals surface area contributed by atoms with Crippen LogP contribution in [-0.4, -0.2) is 27.4 Å². The number of hydrogen-bond acceptors (Lipinski definition) is 7. The van der Waals surface area contributed by atoms with E-state index in [0.29, 0.717) is 29.1 Å². The second-order valence-corrected chi connectivity index (χ2v) is 10.1. The first-order valence-corrected chi connectivity index (χ1v) is 14.1. The average Bonchev–Trinajstić information content (AvgIpc) is 3.31. The van der Waals surface area contributed by atoms with Crippen LogP contribution in [0.4, 0.5) is 34.4 Å². The van der Waals surface area contributed by atoms with Gasteiger partial charge in [-0.1, -0.05) is 103 Å². The minimum Gasteiger partial charge on any atom is -0.480 e. The number of amidine groups is 1. The number of benzene rings is 4. The number of pyridine rings is 2. The fraction of sp³-hybridized carbons (Fsp3) is 0. The largest absolute Gasteiger partial charge is 0.480 e. The van der Waals surface area contributed by atoms with Crippen LogP contribution in [0.2, 0.25) is 0 Å². The van der Waals surface area contributed by atoms with Crippen molar-refractivity contribution in [3.05, 3.63) is 133 Å². The number of nitrogens with zero attached hydrogens (tertiary/aromatic N) is 6. The summed E-state index contributed by atoms with van der Waals surface area (Å²) in [6.45, 7) is 0. The van der Waals surface area contributed by atoms with Crippen molar-refractivity contribution >= 4 is 46.7 Å². The Morgan fingerprint density at radius 1 is 0.533 bits per heavy atom. The van der Waals surface area contributed by atoms with E-state index in [4.69, 9.17) is 14.7 Å². The molecular weight excluding hydrogens is 744 g/mol. The Labute approximate surface area is 273 Å². The molecule has 0 saturated heterocycles. The molecule has 1 N–H and O–H groups in total. The molecule has 0 fully saturated rings. The van der Waals surface area contributed by atoms with Crippen LogP contribution in [0, 0.1) is 0 Å². The van der Waals surface area contributed by atoms with Gasteiger partial charge in [-0.3, -0.25) is 0 Å². The van der Waals surface area contributed by atoms with Gasteiger partial charge in [0.15, 0.2) is 0 Å². The van der Waals surface area contributed by atoms with Gasteiger partial charge in [-0.15, -0.1) is 0 Å². The number of aliphatic hydroxyl groups is 1. The molecule has 45 heavy (non-hydrogen) atoms. The van der Waals surface area contributed by atoms with Gasteiger partial charge in [0.05, 0.1) is 17.2 Å². The molecule has 0 radical (unpaired) electrons. The van der Waals surface area contributed by atoms with Gasteiger partial charge in [0.1, 0.15) is 5.82 Å². The van der Waals surface area contributed by atoms with E-state index in [0.717, 1.165) is 39.3 Å². The zero-order valence-corrected chi connectivity index (χ0v) is 25.8.